The smallest absolute Gasteiger partial charge is 0.178 e. The van der Waals surface area contributed by atoms with Crippen molar-refractivity contribution in [2.45, 2.75) is 20.0 Å². The van der Waals surface area contributed by atoms with Crippen LogP contribution in [0.1, 0.15) is 18.3 Å². The molecule has 0 atom stereocenters. The van der Waals surface area contributed by atoms with Gasteiger partial charge in [0, 0.05) is 7.05 Å². The molecule has 0 amide bonds. The van der Waals surface area contributed by atoms with Crippen molar-refractivity contribution in [2.75, 3.05) is 5.73 Å². The van der Waals surface area contributed by atoms with Gasteiger partial charge >= 0.3 is 0 Å². The van der Waals surface area contributed by atoms with Crippen LogP contribution in [-0.4, -0.2) is 9.78 Å². The minimum absolute atomic E-state index is 0.0775. The molecule has 2 N–H and O–H groups in total. The number of anilines is 1. The molecular formula is C13H15BrFN3O. The van der Waals surface area contributed by atoms with Crippen molar-refractivity contribution in [3.05, 3.63) is 39.9 Å². The highest BCUT2D eigenvalue weighted by Crippen LogP contribution is 2.28. The van der Waals surface area contributed by atoms with Crippen molar-refractivity contribution >= 4 is 21.6 Å². The SMILES string of the molecule is CCc1nn(C)c(COc2c(N)cccc2F)c1Br. The molecule has 1 aromatic heterocycles. The van der Waals surface area contributed by atoms with E-state index in [0.29, 0.717) is 0 Å². The molecule has 0 aliphatic carbocycles. The van der Waals surface area contributed by atoms with Gasteiger partial charge in [-0.15, -0.1) is 0 Å². The van der Waals surface area contributed by atoms with Gasteiger partial charge in [-0.1, -0.05) is 13.0 Å². The van der Waals surface area contributed by atoms with E-state index < -0.39 is 5.82 Å². The Labute approximate surface area is 119 Å². The van der Waals surface area contributed by atoms with E-state index in [2.05, 4.69) is 21.0 Å². The highest BCUT2D eigenvalue weighted by Gasteiger charge is 2.14. The number of benzene rings is 1. The van der Waals surface area contributed by atoms with Crippen LogP contribution >= 0.6 is 15.9 Å². The Morgan fingerprint density at radius 2 is 2.21 bits per heavy atom. The molecular weight excluding hydrogens is 313 g/mol. The van der Waals surface area contributed by atoms with Crippen LogP contribution in [0.2, 0.25) is 0 Å². The van der Waals surface area contributed by atoms with Gasteiger partial charge in [0.2, 0.25) is 0 Å². The number of para-hydroxylation sites is 1. The summed E-state index contributed by atoms with van der Waals surface area (Å²) in [5, 5.41) is 4.35. The van der Waals surface area contributed by atoms with Gasteiger partial charge < -0.3 is 10.5 Å². The quantitative estimate of drug-likeness (QED) is 0.878. The number of rotatable bonds is 4. The third-order valence-electron chi connectivity index (χ3n) is 2.85. The Hall–Kier alpha value is -1.56. The minimum atomic E-state index is -0.464. The predicted octanol–water partition coefficient (Wildman–Crippen LogP) is 3.05. The highest BCUT2D eigenvalue weighted by molar-refractivity contribution is 9.10. The van der Waals surface area contributed by atoms with Gasteiger partial charge in [-0.05, 0) is 34.5 Å². The second-order valence-electron chi connectivity index (χ2n) is 4.13. The molecule has 0 spiro atoms. The number of halogens is 2. The Balaban J connectivity index is 2.22. The number of nitrogens with zero attached hydrogens (tertiary/aromatic N) is 2. The first-order chi connectivity index (χ1) is 9.04. The van der Waals surface area contributed by atoms with Crippen LogP contribution in [0.4, 0.5) is 10.1 Å². The van der Waals surface area contributed by atoms with E-state index >= 15 is 0 Å². The van der Waals surface area contributed by atoms with Crippen LogP contribution in [0.15, 0.2) is 22.7 Å². The van der Waals surface area contributed by atoms with E-state index in [1.165, 1.54) is 6.07 Å². The fraction of sp³-hybridized carbons (Fsp3) is 0.308. The molecule has 0 fully saturated rings. The third kappa shape index (κ3) is 2.73. The third-order valence-corrected chi connectivity index (χ3v) is 3.77. The Kier molecular flexibility index (Phi) is 4.09. The summed E-state index contributed by atoms with van der Waals surface area (Å²) >= 11 is 3.48. The number of hydrogen-bond donors (Lipinski definition) is 1. The van der Waals surface area contributed by atoms with E-state index in [9.17, 15) is 4.39 Å². The first-order valence-corrected chi connectivity index (χ1v) is 6.71. The van der Waals surface area contributed by atoms with Gasteiger partial charge in [-0.3, -0.25) is 4.68 Å². The van der Waals surface area contributed by atoms with Crippen molar-refractivity contribution in [1.29, 1.82) is 0 Å². The molecule has 0 saturated heterocycles. The lowest BCUT2D eigenvalue weighted by molar-refractivity contribution is 0.281. The molecule has 102 valence electrons. The number of ether oxygens (including phenoxy) is 1. The molecule has 2 rings (SSSR count). The molecule has 0 radical (unpaired) electrons. The standard InChI is InChI=1S/C13H15BrFN3O/c1-3-10-12(14)11(18(2)17-10)7-19-13-8(15)5-4-6-9(13)16/h4-6H,3,7,16H2,1-2H3. The Morgan fingerprint density at radius 1 is 1.47 bits per heavy atom. The first kappa shape index (κ1) is 13.9. The molecule has 1 aromatic carbocycles. The molecule has 0 aliphatic rings. The predicted molar refractivity (Wildman–Crippen MR) is 75.4 cm³/mol. The number of nitrogens with two attached hydrogens (primary N) is 1. The number of nitrogen functional groups attached to an aromatic ring is 1. The normalized spacial score (nSPS) is 10.7. The lowest BCUT2D eigenvalue weighted by Gasteiger charge is -2.10. The van der Waals surface area contributed by atoms with Crippen molar-refractivity contribution in [1.82, 2.24) is 9.78 Å². The second kappa shape index (κ2) is 5.61. The zero-order chi connectivity index (χ0) is 14.0. The number of hydrogen-bond acceptors (Lipinski definition) is 3. The number of aryl methyl sites for hydroxylation is 2. The van der Waals surface area contributed by atoms with Crippen LogP contribution in [0.3, 0.4) is 0 Å². The van der Waals surface area contributed by atoms with Gasteiger partial charge in [0.05, 0.1) is 21.5 Å². The summed E-state index contributed by atoms with van der Waals surface area (Å²) in [6.07, 6.45) is 0.816. The van der Waals surface area contributed by atoms with Gasteiger partial charge in [0.25, 0.3) is 0 Å². The van der Waals surface area contributed by atoms with Crippen molar-refractivity contribution in [3.8, 4) is 5.75 Å². The monoisotopic (exact) mass is 327 g/mol. The van der Waals surface area contributed by atoms with Gasteiger partial charge in [0.1, 0.15) is 6.61 Å². The summed E-state index contributed by atoms with van der Waals surface area (Å²) in [5.41, 5.74) is 7.77. The van der Waals surface area contributed by atoms with Crippen LogP contribution in [0.5, 0.6) is 5.75 Å². The summed E-state index contributed by atoms with van der Waals surface area (Å²) in [6.45, 7) is 2.22. The molecule has 6 heteroatoms. The zero-order valence-corrected chi connectivity index (χ0v) is 12.4. The summed E-state index contributed by atoms with van der Waals surface area (Å²) in [6, 6.07) is 4.47. The zero-order valence-electron chi connectivity index (χ0n) is 10.8. The molecule has 1 heterocycles. The van der Waals surface area contributed by atoms with E-state index in [-0.39, 0.29) is 18.0 Å². The Bertz CT molecular complexity index is 578. The van der Waals surface area contributed by atoms with Crippen LogP contribution < -0.4 is 10.5 Å². The lowest BCUT2D eigenvalue weighted by Crippen LogP contribution is -2.06. The Morgan fingerprint density at radius 3 is 2.79 bits per heavy atom. The summed E-state index contributed by atoms with van der Waals surface area (Å²) < 4.78 is 21.7. The lowest BCUT2D eigenvalue weighted by atomic mass is 10.3. The molecule has 19 heavy (non-hydrogen) atoms. The molecule has 0 aliphatic heterocycles. The van der Waals surface area contributed by atoms with E-state index in [1.54, 1.807) is 16.8 Å². The largest absolute Gasteiger partial charge is 0.482 e. The summed E-state index contributed by atoms with van der Waals surface area (Å²) in [4.78, 5) is 0. The highest BCUT2D eigenvalue weighted by atomic mass is 79.9. The van der Waals surface area contributed by atoms with Crippen molar-refractivity contribution in [3.63, 3.8) is 0 Å². The first-order valence-electron chi connectivity index (χ1n) is 5.91. The topological polar surface area (TPSA) is 53.1 Å². The van der Waals surface area contributed by atoms with Gasteiger partial charge in [-0.2, -0.15) is 5.10 Å². The fourth-order valence-corrected chi connectivity index (χ4v) is 2.53. The fourth-order valence-electron chi connectivity index (χ4n) is 1.79. The average molecular weight is 328 g/mol. The van der Waals surface area contributed by atoms with Crippen molar-refractivity contribution in [2.24, 2.45) is 7.05 Å². The molecule has 0 unspecified atom stereocenters. The van der Waals surface area contributed by atoms with Crippen molar-refractivity contribution < 1.29 is 9.13 Å². The average Bonchev–Trinajstić information content (AvgIpc) is 2.65. The number of aromatic nitrogens is 2. The van der Waals surface area contributed by atoms with Crippen LogP contribution in [0, 0.1) is 5.82 Å². The van der Waals surface area contributed by atoms with E-state index in [0.717, 1.165) is 22.3 Å². The van der Waals surface area contributed by atoms with Gasteiger partial charge in [0.15, 0.2) is 11.6 Å². The maximum atomic E-state index is 13.6. The molecule has 0 bridgehead atoms. The summed E-state index contributed by atoms with van der Waals surface area (Å²) in [7, 11) is 1.83. The van der Waals surface area contributed by atoms with Gasteiger partial charge in [-0.25, -0.2) is 4.39 Å². The maximum Gasteiger partial charge on any atom is 0.178 e. The van der Waals surface area contributed by atoms with Crippen LogP contribution in [0.25, 0.3) is 0 Å². The molecule has 4 nitrogen and oxygen atoms in total. The maximum absolute atomic E-state index is 13.6. The minimum Gasteiger partial charge on any atom is -0.482 e. The summed E-state index contributed by atoms with van der Waals surface area (Å²) in [5.74, 6) is -0.386. The van der Waals surface area contributed by atoms with E-state index in [4.69, 9.17) is 10.5 Å². The second-order valence-corrected chi connectivity index (χ2v) is 4.92. The molecule has 0 saturated carbocycles. The van der Waals surface area contributed by atoms with Crippen LogP contribution in [-0.2, 0) is 20.1 Å². The molecule has 2 aromatic rings. The van der Waals surface area contributed by atoms with E-state index in [1.807, 2.05) is 14.0 Å².